The van der Waals surface area contributed by atoms with Gasteiger partial charge in [-0.15, -0.1) is 0 Å². The Morgan fingerprint density at radius 2 is 2.30 bits per heavy atom. The van der Waals surface area contributed by atoms with Crippen LogP contribution in [-0.2, 0) is 4.79 Å². The highest BCUT2D eigenvalue weighted by Gasteiger charge is 2.41. The zero-order valence-corrected chi connectivity index (χ0v) is 6.26. The number of nitrogens with one attached hydrogen (secondary N) is 1. The van der Waals surface area contributed by atoms with Gasteiger partial charge < -0.3 is 5.32 Å². The van der Waals surface area contributed by atoms with Gasteiger partial charge in [-0.1, -0.05) is 6.92 Å². The molecule has 2 aliphatic rings. The van der Waals surface area contributed by atoms with E-state index in [1.165, 1.54) is 0 Å². The Kier molecular flexibility index (Phi) is 1.31. The van der Waals surface area contributed by atoms with E-state index in [2.05, 4.69) is 12.2 Å². The van der Waals surface area contributed by atoms with Crippen LogP contribution in [0.3, 0.4) is 0 Å². The molecule has 1 aliphatic carbocycles. The summed E-state index contributed by atoms with van der Waals surface area (Å²) in [6, 6.07) is 0. The van der Waals surface area contributed by atoms with Gasteiger partial charge in [-0.05, 0) is 24.9 Å². The van der Waals surface area contributed by atoms with Crippen LogP contribution in [0.4, 0.5) is 0 Å². The fourth-order valence-electron chi connectivity index (χ4n) is 2.25. The summed E-state index contributed by atoms with van der Waals surface area (Å²) in [5.41, 5.74) is 0. The van der Waals surface area contributed by atoms with Gasteiger partial charge in [0.2, 0.25) is 0 Å². The average molecular weight is 139 g/mol. The van der Waals surface area contributed by atoms with Gasteiger partial charge in [0.15, 0.2) is 0 Å². The molecule has 1 unspecified atom stereocenters. The molecule has 1 aliphatic heterocycles. The molecule has 10 heavy (non-hydrogen) atoms. The number of hydrogen-bond donors (Lipinski definition) is 1. The molecule has 2 fully saturated rings. The first-order valence-corrected chi connectivity index (χ1v) is 4.02. The van der Waals surface area contributed by atoms with E-state index in [0.717, 1.165) is 19.5 Å². The molecular formula is C8H13NO. The number of Topliss-reactive ketones (excluding diaryl/α,β-unsaturated/α-hetero) is 1. The van der Waals surface area contributed by atoms with Crippen LogP contribution in [0, 0.1) is 17.8 Å². The van der Waals surface area contributed by atoms with Crippen molar-refractivity contribution >= 4 is 5.78 Å². The van der Waals surface area contributed by atoms with E-state index in [-0.39, 0.29) is 0 Å². The molecule has 2 rings (SSSR count). The molecule has 56 valence electrons. The third-order valence-corrected chi connectivity index (χ3v) is 3.01. The summed E-state index contributed by atoms with van der Waals surface area (Å²) in [7, 11) is 0. The minimum absolute atomic E-state index is 0.333. The average Bonchev–Trinajstić information content (AvgIpc) is 2.41. The van der Waals surface area contributed by atoms with Crippen molar-refractivity contribution in [3.63, 3.8) is 0 Å². The summed E-state index contributed by atoms with van der Waals surface area (Å²) in [5.74, 6) is 2.14. The van der Waals surface area contributed by atoms with Crippen LogP contribution in [0.5, 0.6) is 0 Å². The Morgan fingerprint density at radius 1 is 1.50 bits per heavy atom. The van der Waals surface area contributed by atoms with Crippen LogP contribution < -0.4 is 5.32 Å². The van der Waals surface area contributed by atoms with Gasteiger partial charge in [-0.25, -0.2) is 0 Å². The van der Waals surface area contributed by atoms with Crippen LogP contribution >= 0.6 is 0 Å². The van der Waals surface area contributed by atoms with Crippen molar-refractivity contribution in [3.8, 4) is 0 Å². The first-order chi connectivity index (χ1) is 4.79. The first-order valence-electron chi connectivity index (χ1n) is 4.02. The van der Waals surface area contributed by atoms with Crippen molar-refractivity contribution in [2.24, 2.45) is 17.8 Å². The molecule has 1 saturated carbocycles. The number of hydrogen-bond acceptors (Lipinski definition) is 2. The molecule has 0 spiro atoms. The van der Waals surface area contributed by atoms with Crippen molar-refractivity contribution in [2.45, 2.75) is 13.3 Å². The lowest BCUT2D eigenvalue weighted by molar-refractivity contribution is -0.120. The number of carbonyl (C=O) groups is 1. The first kappa shape index (κ1) is 6.35. The largest absolute Gasteiger partial charge is 0.316 e. The topological polar surface area (TPSA) is 29.1 Å². The molecule has 1 N–H and O–H groups in total. The maximum atomic E-state index is 11.2. The molecule has 0 radical (unpaired) electrons. The SMILES string of the molecule is CC1C(=O)C[C@H]2CNC[C@@H]12. The van der Waals surface area contributed by atoms with E-state index in [0.29, 0.717) is 23.5 Å². The standard InChI is InChI=1S/C8H13NO/c1-5-7-4-9-3-6(7)2-8(5)10/h5-7,9H,2-4H2,1H3/t5?,6-,7-/m0/s1. The fourth-order valence-corrected chi connectivity index (χ4v) is 2.25. The summed E-state index contributed by atoms with van der Waals surface area (Å²) in [5, 5.41) is 3.32. The van der Waals surface area contributed by atoms with Crippen molar-refractivity contribution in [1.82, 2.24) is 5.32 Å². The number of fused-ring (bicyclic) bond motifs is 1. The van der Waals surface area contributed by atoms with E-state index in [1.54, 1.807) is 0 Å². The van der Waals surface area contributed by atoms with Gasteiger partial charge in [0.25, 0.3) is 0 Å². The Morgan fingerprint density at radius 3 is 3.00 bits per heavy atom. The molecule has 0 bridgehead atoms. The van der Waals surface area contributed by atoms with E-state index in [4.69, 9.17) is 0 Å². The van der Waals surface area contributed by atoms with E-state index < -0.39 is 0 Å². The van der Waals surface area contributed by atoms with Gasteiger partial charge in [0, 0.05) is 12.3 Å². The van der Waals surface area contributed by atoms with Crippen molar-refractivity contribution in [2.75, 3.05) is 13.1 Å². The van der Waals surface area contributed by atoms with Crippen LogP contribution in [0.1, 0.15) is 13.3 Å². The molecule has 2 nitrogen and oxygen atoms in total. The summed E-state index contributed by atoms with van der Waals surface area (Å²) in [4.78, 5) is 11.2. The molecule has 0 aromatic heterocycles. The van der Waals surface area contributed by atoms with E-state index >= 15 is 0 Å². The Labute approximate surface area is 61.0 Å². The Bertz CT molecular complexity index is 167. The van der Waals surface area contributed by atoms with E-state index in [1.807, 2.05) is 0 Å². The lowest BCUT2D eigenvalue weighted by Gasteiger charge is -2.09. The van der Waals surface area contributed by atoms with E-state index in [9.17, 15) is 4.79 Å². The van der Waals surface area contributed by atoms with Gasteiger partial charge in [0.05, 0.1) is 0 Å². The molecule has 3 atom stereocenters. The second-order valence-electron chi connectivity index (χ2n) is 3.54. The predicted molar refractivity (Wildman–Crippen MR) is 38.6 cm³/mol. The summed E-state index contributed by atoms with van der Waals surface area (Å²) >= 11 is 0. The molecule has 0 amide bonds. The zero-order chi connectivity index (χ0) is 7.14. The number of carbonyl (C=O) groups excluding carboxylic acids is 1. The monoisotopic (exact) mass is 139 g/mol. The molecule has 2 heteroatoms. The summed E-state index contributed by atoms with van der Waals surface area (Å²) in [6.07, 6.45) is 0.832. The summed E-state index contributed by atoms with van der Waals surface area (Å²) in [6.45, 7) is 4.21. The summed E-state index contributed by atoms with van der Waals surface area (Å²) < 4.78 is 0. The minimum atomic E-state index is 0.333. The molecular weight excluding hydrogens is 126 g/mol. The second-order valence-corrected chi connectivity index (χ2v) is 3.54. The number of ketones is 1. The highest BCUT2D eigenvalue weighted by molar-refractivity contribution is 5.83. The van der Waals surface area contributed by atoms with Gasteiger partial charge >= 0.3 is 0 Å². The van der Waals surface area contributed by atoms with Crippen LogP contribution in [0.15, 0.2) is 0 Å². The Hall–Kier alpha value is -0.370. The Balaban J connectivity index is 2.16. The lowest BCUT2D eigenvalue weighted by atomic mass is 9.94. The van der Waals surface area contributed by atoms with Crippen LogP contribution in [0.2, 0.25) is 0 Å². The quantitative estimate of drug-likeness (QED) is 0.527. The van der Waals surface area contributed by atoms with Gasteiger partial charge in [0.1, 0.15) is 5.78 Å². The maximum absolute atomic E-state index is 11.2. The molecule has 0 aromatic rings. The zero-order valence-electron chi connectivity index (χ0n) is 6.26. The smallest absolute Gasteiger partial charge is 0.136 e. The normalized spacial score (nSPS) is 46.1. The molecule has 1 saturated heterocycles. The maximum Gasteiger partial charge on any atom is 0.136 e. The van der Waals surface area contributed by atoms with Crippen molar-refractivity contribution in [1.29, 1.82) is 0 Å². The number of rotatable bonds is 0. The lowest BCUT2D eigenvalue weighted by Crippen LogP contribution is -2.17. The molecule has 0 aromatic carbocycles. The predicted octanol–water partition coefficient (Wildman–Crippen LogP) is 0.431. The highest BCUT2D eigenvalue weighted by atomic mass is 16.1. The van der Waals surface area contributed by atoms with Crippen LogP contribution in [0.25, 0.3) is 0 Å². The van der Waals surface area contributed by atoms with Crippen molar-refractivity contribution < 1.29 is 4.79 Å². The third kappa shape index (κ3) is 0.717. The van der Waals surface area contributed by atoms with Gasteiger partial charge in [-0.3, -0.25) is 4.79 Å². The highest BCUT2D eigenvalue weighted by Crippen LogP contribution is 2.36. The third-order valence-electron chi connectivity index (χ3n) is 3.01. The van der Waals surface area contributed by atoms with Crippen molar-refractivity contribution in [3.05, 3.63) is 0 Å². The second kappa shape index (κ2) is 2.06. The molecule has 1 heterocycles. The fraction of sp³-hybridized carbons (Fsp3) is 0.875. The van der Waals surface area contributed by atoms with Gasteiger partial charge in [-0.2, -0.15) is 0 Å². The minimum Gasteiger partial charge on any atom is -0.316 e. The van der Waals surface area contributed by atoms with Crippen LogP contribution in [-0.4, -0.2) is 18.9 Å².